The maximum atomic E-state index is 11.1. The minimum Gasteiger partial charge on any atom is -0.417 e. The molecule has 2 aliphatic rings. The molecule has 1 N–H and O–H groups in total. The predicted molar refractivity (Wildman–Crippen MR) is 134 cm³/mol. The highest BCUT2D eigenvalue weighted by Crippen LogP contribution is 2.57. The molecule has 0 heterocycles. The molecular formula is C25H50O3Si2. The van der Waals surface area contributed by atoms with Gasteiger partial charge in [-0.15, -0.1) is 0 Å². The first-order valence-electron chi connectivity index (χ1n) is 12.0. The van der Waals surface area contributed by atoms with E-state index in [1.165, 1.54) is 0 Å². The van der Waals surface area contributed by atoms with Gasteiger partial charge in [-0.1, -0.05) is 67.5 Å². The Morgan fingerprint density at radius 2 is 1.50 bits per heavy atom. The van der Waals surface area contributed by atoms with Crippen LogP contribution >= 0.6 is 0 Å². The van der Waals surface area contributed by atoms with Gasteiger partial charge in [0.2, 0.25) is 0 Å². The second-order valence-corrected chi connectivity index (χ2v) is 22.9. The molecule has 1 saturated carbocycles. The van der Waals surface area contributed by atoms with Crippen molar-refractivity contribution in [2.24, 2.45) is 23.2 Å². The minimum absolute atomic E-state index is 0.123. The molecule has 30 heavy (non-hydrogen) atoms. The average molecular weight is 455 g/mol. The molecule has 0 aromatic heterocycles. The van der Waals surface area contributed by atoms with Crippen molar-refractivity contribution in [3.63, 3.8) is 0 Å². The average Bonchev–Trinajstić information content (AvgIpc) is 2.93. The standard InChI is InChI=1S/C25H50O3Si2/c1-18(17-27-29(9,10)23(2,3)4)19-13-14-20-21(15-16-22(26)25(19,20)8)28-30(11,12)24(5,6)7/h15-16,18-22,26H,13-14,17H2,1-12H3/t18-,19-,20+,21+,22+,25-/m1/s1. The van der Waals surface area contributed by atoms with E-state index < -0.39 is 22.7 Å². The summed E-state index contributed by atoms with van der Waals surface area (Å²) in [6.07, 6.45) is 6.19. The van der Waals surface area contributed by atoms with Crippen LogP contribution in [-0.2, 0) is 8.85 Å². The summed E-state index contributed by atoms with van der Waals surface area (Å²) in [4.78, 5) is 0. The van der Waals surface area contributed by atoms with Crippen molar-refractivity contribution in [3.05, 3.63) is 12.2 Å². The molecule has 6 atom stereocenters. The van der Waals surface area contributed by atoms with Crippen molar-refractivity contribution in [1.29, 1.82) is 0 Å². The van der Waals surface area contributed by atoms with Crippen LogP contribution in [0.1, 0.15) is 68.2 Å². The molecule has 0 amide bonds. The molecule has 3 nitrogen and oxygen atoms in total. The topological polar surface area (TPSA) is 38.7 Å². The lowest BCUT2D eigenvalue weighted by molar-refractivity contribution is -0.0538. The van der Waals surface area contributed by atoms with Crippen molar-refractivity contribution >= 4 is 16.6 Å². The molecule has 176 valence electrons. The zero-order valence-electron chi connectivity index (χ0n) is 21.9. The summed E-state index contributed by atoms with van der Waals surface area (Å²) in [7, 11) is -3.63. The summed E-state index contributed by atoms with van der Waals surface area (Å²) in [5.41, 5.74) is -0.141. The molecule has 0 aromatic carbocycles. The lowest BCUT2D eigenvalue weighted by Gasteiger charge is -2.49. The van der Waals surface area contributed by atoms with Crippen LogP contribution in [-0.4, -0.2) is 40.6 Å². The normalized spacial score (nSPS) is 34.2. The molecule has 0 unspecified atom stereocenters. The lowest BCUT2D eigenvalue weighted by atomic mass is 9.62. The van der Waals surface area contributed by atoms with Crippen molar-refractivity contribution in [2.75, 3.05) is 6.61 Å². The van der Waals surface area contributed by atoms with E-state index >= 15 is 0 Å². The van der Waals surface area contributed by atoms with E-state index in [9.17, 15) is 5.11 Å². The first-order chi connectivity index (χ1) is 13.3. The van der Waals surface area contributed by atoms with Crippen LogP contribution < -0.4 is 0 Å². The van der Waals surface area contributed by atoms with Gasteiger partial charge in [-0.3, -0.25) is 0 Å². The molecule has 2 aliphatic carbocycles. The van der Waals surface area contributed by atoms with Gasteiger partial charge < -0.3 is 14.0 Å². The maximum absolute atomic E-state index is 11.1. The first kappa shape index (κ1) is 26.3. The molecular weight excluding hydrogens is 404 g/mol. The van der Waals surface area contributed by atoms with Crippen LogP contribution in [0.2, 0.25) is 36.3 Å². The van der Waals surface area contributed by atoms with Crippen molar-refractivity contribution in [1.82, 2.24) is 0 Å². The summed E-state index contributed by atoms with van der Waals surface area (Å²) in [6, 6.07) is 0. The van der Waals surface area contributed by atoms with Crippen LogP contribution in [0.3, 0.4) is 0 Å². The zero-order valence-corrected chi connectivity index (χ0v) is 23.9. The predicted octanol–water partition coefficient (Wildman–Crippen LogP) is 7.00. The number of hydrogen-bond donors (Lipinski definition) is 1. The van der Waals surface area contributed by atoms with Crippen LogP contribution in [0.5, 0.6) is 0 Å². The molecule has 5 heteroatoms. The summed E-state index contributed by atoms with van der Waals surface area (Å²) in [5, 5.41) is 11.5. The molecule has 0 radical (unpaired) electrons. The quantitative estimate of drug-likeness (QED) is 0.347. The molecule has 0 aromatic rings. The lowest BCUT2D eigenvalue weighted by Crippen LogP contribution is -2.53. The van der Waals surface area contributed by atoms with Gasteiger partial charge in [-0.05, 0) is 66.9 Å². The van der Waals surface area contributed by atoms with E-state index in [2.05, 4.69) is 87.7 Å². The van der Waals surface area contributed by atoms with Gasteiger partial charge in [0.1, 0.15) is 0 Å². The fraction of sp³-hybridized carbons (Fsp3) is 0.920. The Balaban J connectivity index is 2.19. The molecule has 0 aliphatic heterocycles. The van der Waals surface area contributed by atoms with Crippen molar-refractivity contribution < 1.29 is 14.0 Å². The fourth-order valence-corrected chi connectivity index (χ4v) is 7.37. The molecule has 0 bridgehead atoms. The third-order valence-corrected chi connectivity index (χ3v) is 18.3. The third-order valence-electron chi connectivity index (χ3n) is 9.34. The summed E-state index contributed by atoms with van der Waals surface area (Å²) >= 11 is 0. The second-order valence-electron chi connectivity index (χ2n) is 13.4. The van der Waals surface area contributed by atoms with Crippen LogP contribution in [0, 0.1) is 23.2 Å². The van der Waals surface area contributed by atoms with Gasteiger partial charge in [0.25, 0.3) is 0 Å². The Morgan fingerprint density at radius 1 is 0.967 bits per heavy atom. The zero-order chi connectivity index (χ0) is 23.3. The highest BCUT2D eigenvalue weighted by Gasteiger charge is 2.57. The number of aliphatic hydroxyl groups is 1. The highest BCUT2D eigenvalue weighted by atomic mass is 28.4. The Kier molecular flexibility index (Phi) is 7.40. The monoisotopic (exact) mass is 454 g/mol. The number of rotatable bonds is 6. The Morgan fingerprint density at radius 3 is 2.00 bits per heavy atom. The number of aliphatic hydroxyl groups excluding tert-OH is 1. The second kappa shape index (κ2) is 8.44. The van der Waals surface area contributed by atoms with E-state index in [1.807, 2.05) is 6.08 Å². The molecule has 2 rings (SSSR count). The van der Waals surface area contributed by atoms with Gasteiger partial charge in [0.15, 0.2) is 16.6 Å². The van der Waals surface area contributed by atoms with Crippen LogP contribution in [0.15, 0.2) is 12.2 Å². The van der Waals surface area contributed by atoms with E-state index in [1.54, 1.807) is 0 Å². The van der Waals surface area contributed by atoms with E-state index in [0.717, 1.165) is 19.4 Å². The number of hydrogen-bond acceptors (Lipinski definition) is 3. The molecule has 1 fully saturated rings. The van der Waals surface area contributed by atoms with Crippen molar-refractivity contribution in [3.8, 4) is 0 Å². The molecule has 0 saturated heterocycles. The minimum atomic E-state index is -1.87. The Hall–Kier alpha value is 0.0538. The first-order valence-corrected chi connectivity index (χ1v) is 17.8. The Labute approximate surface area is 189 Å². The smallest absolute Gasteiger partial charge is 0.192 e. The van der Waals surface area contributed by atoms with Gasteiger partial charge in [-0.25, -0.2) is 0 Å². The maximum Gasteiger partial charge on any atom is 0.192 e. The van der Waals surface area contributed by atoms with Gasteiger partial charge in [0.05, 0.1) is 12.2 Å². The molecule has 0 spiro atoms. The third kappa shape index (κ3) is 4.85. The highest BCUT2D eigenvalue weighted by molar-refractivity contribution is 6.74. The summed E-state index contributed by atoms with van der Waals surface area (Å²) < 4.78 is 13.5. The summed E-state index contributed by atoms with van der Waals surface area (Å²) in [6.45, 7) is 28.6. The van der Waals surface area contributed by atoms with Gasteiger partial charge in [0, 0.05) is 12.0 Å². The van der Waals surface area contributed by atoms with Crippen molar-refractivity contribution in [2.45, 2.75) is 117 Å². The fourth-order valence-electron chi connectivity index (χ4n) is 4.98. The number of fused-ring (bicyclic) bond motifs is 1. The largest absolute Gasteiger partial charge is 0.417 e. The van der Waals surface area contributed by atoms with E-state index in [-0.39, 0.29) is 21.6 Å². The van der Waals surface area contributed by atoms with Crippen LogP contribution in [0.4, 0.5) is 0 Å². The van der Waals surface area contributed by atoms with Gasteiger partial charge in [-0.2, -0.15) is 0 Å². The van der Waals surface area contributed by atoms with E-state index in [4.69, 9.17) is 8.85 Å². The SMILES string of the molecule is C[C@H](CO[Si](C)(C)C(C)(C)C)[C@H]1CC[C@H]2[C@@H](O[Si](C)(C)C(C)(C)C)C=C[C@H](O)[C@]12C. The Bertz CT molecular complexity index is 629. The van der Waals surface area contributed by atoms with Crippen LogP contribution in [0.25, 0.3) is 0 Å². The van der Waals surface area contributed by atoms with E-state index in [0.29, 0.717) is 17.8 Å². The van der Waals surface area contributed by atoms with Gasteiger partial charge >= 0.3 is 0 Å². The summed E-state index contributed by atoms with van der Waals surface area (Å²) in [5.74, 6) is 1.27.